The second-order valence-corrected chi connectivity index (χ2v) is 4.76. The molecule has 0 unspecified atom stereocenters. The maximum absolute atomic E-state index is 5.92. The Kier molecular flexibility index (Phi) is 3.51. The third-order valence-corrected chi connectivity index (χ3v) is 3.01. The van der Waals surface area contributed by atoms with Gasteiger partial charge in [-0.15, -0.1) is 0 Å². The molecule has 0 aliphatic heterocycles. The van der Waals surface area contributed by atoms with Gasteiger partial charge in [-0.1, -0.05) is 32.0 Å². The van der Waals surface area contributed by atoms with Gasteiger partial charge in [-0.25, -0.2) is 4.98 Å². The van der Waals surface area contributed by atoms with Crippen LogP contribution in [0.15, 0.2) is 36.5 Å². The minimum atomic E-state index is 0.456. The lowest BCUT2D eigenvalue weighted by Crippen LogP contribution is -2.03. The zero-order chi connectivity index (χ0) is 13.1. The van der Waals surface area contributed by atoms with Crippen LogP contribution in [0.2, 0.25) is 0 Å². The fourth-order valence-electron chi connectivity index (χ4n) is 1.98. The van der Waals surface area contributed by atoms with Gasteiger partial charge in [0, 0.05) is 11.9 Å². The molecule has 0 aliphatic rings. The van der Waals surface area contributed by atoms with Crippen LogP contribution in [0.1, 0.15) is 30.9 Å². The summed E-state index contributed by atoms with van der Waals surface area (Å²) in [7, 11) is 0. The molecule has 0 spiro atoms. The summed E-state index contributed by atoms with van der Waals surface area (Å²) in [6.45, 7) is 6.46. The van der Waals surface area contributed by atoms with Gasteiger partial charge >= 0.3 is 0 Å². The van der Waals surface area contributed by atoms with E-state index in [9.17, 15) is 0 Å². The van der Waals surface area contributed by atoms with Gasteiger partial charge in [0.05, 0.1) is 5.69 Å². The standard InChI is InChI=1S/C15H19N3/c1-10(2)12-7-4-6-11(3)14(12)18-15-13(16)8-5-9-17-15/h4-10H,16H2,1-3H3,(H,17,18). The van der Waals surface area contributed by atoms with Crippen LogP contribution in [0.3, 0.4) is 0 Å². The van der Waals surface area contributed by atoms with Gasteiger partial charge in [-0.3, -0.25) is 0 Å². The summed E-state index contributed by atoms with van der Waals surface area (Å²) in [5.41, 5.74) is 10.2. The first-order valence-corrected chi connectivity index (χ1v) is 6.16. The predicted molar refractivity (Wildman–Crippen MR) is 77.2 cm³/mol. The number of hydrogen-bond acceptors (Lipinski definition) is 3. The largest absolute Gasteiger partial charge is 0.396 e. The molecule has 3 N–H and O–H groups in total. The van der Waals surface area contributed by atoms with Gasteiger partial charge < -0.3 is 11.1 Å². The lowest BCUT2D eigenvalue weighted by molar-refractivity contribution is 0.867. The van der Waals surface area contributed by atoms with Gasteiger partial charge in [0.2, 0.25) is 0 Å². The molecular formula is C15H19N3. The Labute approximate surface area is 108 Å². The third-order valence-electron chi connectivity index (χ3n) is 3.01. The quantitative estimate of drug-likeness (QED) is 0.858. The summed E-state index contributed by atoms with van der Waals surface area (Å²) < 4.78 is 0. The highest BCUT2D eigenvalue weighted by molar-refractivity contribution is 5.72. The molecule has 0 amide bonds. The van der Waals surface area contributed by atoms with Crippen molar-refractivity contribution >= 4 is 17.2 Å². The average Bonchev–Trinajstić information content (AvgIpc) is 2.34. The van der Waals surface area contributed by atoms with Crippen molar-refractivity contribution < 1.29 is 0 Å². The minimum Gasteiger partial charge on any atom is -0.396 e. The third kappa shape index (κ3) is 2.45. The first kappa shape index (κ1) is 12.4. The number of aromatic nitrogens is 1. The molecule has 2 rings (SSSR count). The Balaban J connectivity index is 2.43. The molecule has 18 heavy (non-hydrogen) atoms. The van der Waals surface area contributed by atoms with E-state index >= 15 is 0 Å². The van der Waals surface area contributed by atoms with Crippen LogP contribution in [-0.2, 0) is 0 Å². The first-order valence-electron chi connectivity index (χ1n) is 6.16. The fourth-order valence-corrected chi connectivity index (χ4v) is 1.98. The van der Waals surface area contributed by atoms with E-state index in [1.54, 1.807) is 6.20 Å². The Morgan fingerprint density at radius 2 is 1.94 bits per heavy atom. The Morgan fingerprint density at radius 1 is 1.17 bits per heavy atom. The van der Waals surface area contributed by atoms with Crippen molar-refractivity contribution in [3.05, 3.63) is 47.7 Å². The van der Waals surface area contributed by atoms with E-state index in [0.717, 1.165) is 5.69 Å². The number of pyridine rings is 1. The highest BCUT2D eigenvalue weighted by Crippen LogP contribution is 2.30. The van der Waals surface area contributed by atoms with Crippen LogP contribution >= 0.6 is 0 Å². The lowest BCUT2D eigenvalue weighted by atomic mass is 9.98. The monoisotopic (exact) mass is 241 g/mol. The Hall–Kier alpha value is -2.03. The van der Waals surface area contributed by atoms with E-state index in [0.29, 0.717) is 17.4 Å². The van der Waals surface area contributed by atoms with E-state index in [4.69, 9.17) is 5.73 Å². The number of rotatable bonds is 3. The zero-order valence-electron chi connectivity index (χ0n) is 11.1. The van der Waals surface area contributed by atoms with Crippen molar-refractivity contribution in [2.24, 2.45) is 0 Å². The van der Waals surface area contributed by atoms with Gasteiger partial charge in [0.25, 0.3) is 0 Å². The topological polar surface area (TPSA) is 50.9 Å². The number of nitrogens with two attached hydrogens (primary N) is 1. The molecule has 1 aromatic heterocycles. The maximum Gasteiger partial charge on any atom is 0.153 e. The average molecular weight is 241 g/mol. The first-order chi connectivity index (χ1) is 8.59. The van der Waals surface area contributed by atoms with E-state index in [-0.39, 0.29) is 0 Å². The number of aryl methyl sites for hydroxylation is 1. The molecule has 0 saturated heterocycles. The van der Waals surface area contributed by atoms with Crippen LogP contribution in [0, 0.1) is 6.92 Å². The van der Waals surface area contributed by atoms with Crippen molar-refractivity contribution in [2.75, 3.05) is 11.1 Å². The molecule has 0 saturated carbocycles. The minimum absolute atomic E-state index is 0.456. The smallest absolute Gasteiger partial charge is 0.153 e. The van der Waals surface area contributed by atoms with Crippen molar-refractivity contribution in [2.45, 2.75) is 26.7 Å². The van der Waals surface area contributed by atoms with Gasteiger partial charge in [-0.2, -0.15) is 0 Å². The second-order valence-electron chi connectivity index (χ2n) is 4.76. The van der Waals surface area contributed by atoms with E-state index in [2.05, 4.69) is 49.3 Å². The van der Waals surface area contributed by atoms with E-state index < -0.39 is 0 Å². The van der Waals surface area contributed by atoms with Crippen LogP contribution < -0.4 is 11.1 Å². The summed E-state index contributed by atoms with van der Waals surface area (Å²) >= 11 is 0. The number of anilines is 3. The molecule has 94 valence electrons. The summed E-state index contributed by atoms with van der Waals surface area (Å²) in [6, 6.07) is 9.99. The Morgan fingerprint density at radius 3 is 2.61 bits per heavy atom. The molecular weight excluding hydrogens is 222 g/mol. The van der Waals surface area contributed by atoms with Gasteiger partial charge in [0.15, 0.2) is 5.82 Å². The number of nitrogens with zero attached hydrogens (tertiary/aromatic N) is 1. The molecule has 0 radical (unpaired) electrons. The van der Waals surface area contributed by atoms with Gasteiger partial charge in [-0.05, 0) is 36.1 Å². The highest BCUT2D eigenvalue weighted by atomic mass is 15.0. The molecule has 0 fully saturated rings. The summed E-state index contributed by atoms with van der Waals surface area (Å²) in [6.07, 6.45) is 1.74. The second kappa shape index (κ2) is 5.08. The summed E-state index contributed by atoms with van der Waals surface area (Å²) in [4.78, 5) is 4.28. The molecule has 0 atom stereocenters. The molecule has 3 nitrogen and oxygen atoms in total. The number of para-hydroxylation sites is 1. The van der Waals surface area contributed by atoms with Crippen molar-refractivity contribution in [3.8, 4) is 0 Å². The van der Waals surface area contributed by atoms with Crippen molar-refractivity contribution in [3.63, 3.8) is 0 Å². The molecule has 0 bridgehead atoms. The molecule has 1 aromatic carbocycles. The molecule has 3 heteroatoms. The van der Waals surface area contributed by atoms with Gasteiger partial charge in [0.1, 0.15) is 0 Å². The molecule has 0 aliphatic carbocycles. The van der Waals surface area contributed by atoms with Crippen molar-refractivity contribution in [1.82, 2.24) is 4.98 Å². The van der Waals surface area contributed by atoms with Crippen LogP contribution in [0.4, 0.5) is 17.2 Å². The lowest BCUT2D eigenvalue weighted by Gasteiger charge is -2.17. The fraction of sp³-hybridized carbons (Fsp3) is 0.267. The molecule has 1 heterocycles. The van der Waals surface area contributed by atoms with E-state index in [1.165, 1.54) is 11.1 Å². The highest BCUT2D eigenvalue weighted by Gasteiger charge is 2.10. The Bertz CT molecular complexity index is 547. The summed E-state index contributed by atoms with van der Waals surface area (Å²) in [5, 5.41) is 3.35. The SMILES string of the molecule is Cc1cccc(C(C)C)c1Nc1ncccc1N. The van der Waals surface area contributed by atoms with Crippen LogP contribution in [0.5, 0.6) is 0 Å². The molecule has 2 aromatic rings. The number of hydrogen-bond donors (Lipinski definition) is 2. The van der Waals surface area contributed by atoms with Crippen LogP contribution in [-0.4, -0.2) is 4.98 Å². The number of nitrogens with one attached hydrogen (secondary N) is 1. The maximum atomic E-state index is 5.92. The van der Waals surface area contributed by atoms with E-state index in [1.807, 2.05) is 12.1 Å². The van der Waals surface area contributed by atoms with Crippen molar-refractivity contribution in [1.29, 1.82) is 0 Å². The summed E-state index contributed by atoms with van der Waals surface area (Å²) in [5.74, 6) is 1.17. The van der Waals surface area contributed by atoms with Crippen LogP contribution in [0.25, 0.3) is 0 Å². The predicted octanol–water partition coefficient (Wildman–Crippen LogP) is 3.84. The normalized spacial score (nSPS) is 10.7. The number of benzene rings is 1. The number of nitrogen functional groups attached to an aromatic ring is 1. The zero-order valence-corrected chi connectivity index (χ0v) is 11.1.